The van der Waals surface area contributed by atoms with Crippen molar-refractivity contribution in [2.75, 3.05) is 0 Å². The molecule has 5 heterocycles. The van der Waals surface area contributed by atoms with Gasteiger partial charge in [0.25, 0.3) is 0 Å². The molecular formula is C25H13FN4O3S. The molecule has 164 valence electrons. The lowest BCUT2D eigenvalue weighted by Gasteiger charge is -2.26. The molecule has 6 aromatic rings. The van der Waals surface area contributed by atoms with Gasteiger partial charge in [0.2, 0.25) is 5.88 Å². The Kier molecular flexibility index (Phi) is 3.97. The summed E-state index contributed by atoms with van der Waals surface area (Å²) in [5, 5.41) is 7.18. The van der Waals surface area contributed by atoms with Crippen LogP contribution in [0.4, 0.5) is 4.39 Å². The second kappa shape index (κ2) is 7.06. The average molecular weight is 468 g/mol. The molecule has 0 radical (unpaired) electrons. The molecule has 0 spiro atoms. The molecule has 0 bridgehead atoms. The summed E-state index contributed by atoms with van der Waals surface area (Å²) in [7, 11) is 0. The van der Waals surface area contributed by atoms with Gasteiger partial charge < -0.3 is 9.15 Å². The number of aromatic nitrogens is 4. The zero-order valence-corrected chi connectivity index (χ0v) is 18.1. The van der Waals surface area contributed by atoms with E-state index in [-0.39, 0.29) is 5.82 Å². The largest absolute Gasteiger partial charge is 0.437 e. The van der Waals surface area contributed by atoms with Gasteiger partial charge in [-0.25, -0.2) is 23.7 Å². The molecule has 0 aliphatic carbocycles. The Morgan fingerprint density at radius 3 is 2.68 bits per heavy atom. The zero-order chi connectivity index (χ0) is 22.8. The van der Waals surface area contributed by atoms with Gasteiger partial charge in [-0.3, -0.25) is 0 Å². The summed E-state index contributed by atoms with van der Waals surface area (Å²) in [5.41, 5.74) is 2.16. The van der Waals surface area contributed by atoms with Gasteiger partial charge in [-0.05, 0) is 47.8 Å². The molecule has 0 fully saturated rings. The number of thiophene rings is 1. The first kappa shape index (κ1) is 19.1. The van der Waals surface area contributed by atoms with Crippen LogP contribution in [0.3, 0.4) is 0 Å². The smallest absolute Gasteiger partial charge is 0.344 e. The molecule has 1 atom stereocenters. The molecule has 7 rings (SSSR count). The monoisotopic (exact) mass is 468 g/mol. The van der Waals surface area contributed by atoms with Crippen LogP contribution in [0.5, 0.6) is 11.6 Å². The van der Waals surface area contributed by atoms with E-state index in [1.165, 1.54) is 29.8 Å². The minimum absolute atomic E-state index is 0.340. The molecule has 2 aromatic carbocycles. The Morgan fingerprint density at radius 1 is 1.00 bits per heavy atom. The lowest BCUT2D eigenvalue weighted by molar-refractivity contribution is 0.423. The van der Waals surface area contributed by atoms with Crippen molar-refractivity contribution < 1.29 is 13.5 Å². The van der Waals surface area contributed by atoms with Crippen LogP contribution in [-0.4, -0.2) is 19.6 Å². The predicted molar refractivity (Wildman–Crippen MR) is 124 cm³/mol. The summed E-state index contributed by atoms with van der Waals surface area (Å²) < 4.78 is 26.9. The lowest BCUT2D eigenvalue weighted by atomic mass is 9.88. The Labute approximate surface area is 194 Å². The van der Waals surface area contributed by atoms with Gasteiger partial charge in [0.15, 0.2) is 17.2 Å². The van der Waals surface area contributed by atoms with Crippen LogP contribution in [0.2, 0.25) is 0 Å². The fraction of sp³-hybridized carbons (Fsp3) is 0.0400. The first-order valence-corrected chi connectivity index (χ1v) is 11.3. The molecule has 1 aliphatic heterocycles. The SMILES string of the molecule is O=c1oc2ccccc2c2c1C(c1cccs1)c1c(ncn3nc(-c4ccc(F)cc4)nc13)O2. The summed E-state index contributed by atoms with van der Waals surface area (Å²) in [6.07, 6.45) is 1.53. The van der Waals surface area contributed by atoms with E-state index in [4.69, 9.17) is 14.1 Å². The van der Waals surface area contributed by atoms with Crippen molar-refractivity contribution >= 4 is 28.0 Å². The second-order valence-corrected chi connectivity index (χ2v) is 8.83. The van der Waals surface area contributed by atoms with Crippen molar-refractivity contribution in [3.8, 4) is 23.0 Å². The van der Waals surface area contributed by atoms with E-state index in [1.807, 2.05) is 29.6 Å². The highest BCUT2D eigenvalue weighted by Crippen LogP contribution is 2.49. The van der Waals surface area contributed by atoms with E-state index in [0.29, 0.717) is 50.8 Å². The highest BCUT2D eigenvalue weighted by Gasteiger charge is 2.38. The van der Waals surface area contributed by atoms with Gasteiger partial charge in [0, 0.05) is 10.4 Å². The molecule has 4 aromatic heterocycles. The summed E-state index contributed by atoms with van der Waals surface area (Å²) in [6, 6.07) is 17.1. The number of para-hydroxylation sites is 1. The first-order chi connectivity index (χ1) is 16.7. The van der Waals surface area contributed by atoms with Crippen molar-refractivity contribution in [1.29, 1.82) is 0 Å². The Balaban J connectivity index is 1.53. The first-order valence-electron chi connectivity index (χ1n) is 10.5. The fourth-order valence-electron chi connectivity index (χ4n) is 4.39. The molecule has 34 heavy (non-hydrogen) atoms. The minimum atomic E-state index is -0.499. The number of hydrogen-bond acceptors (Lipinski definition) is 7. The van der Waals surface area contributed by atoms with Gasteiger partial charge >= 0.3 is 5.63 Å². The van der Waals surface area contributed by atoms with Gasteiger partial charge in [-0.15, -0.1) is 16.4 Å². The van der Waals surface area contributed by atoms with Crippen LogP contribution in [0, 0.1) is 5.82 Å². The highest BCUT2D eigenvalue weighted by atomic mass is 32.1. The summed E-state index contributed by atoms with van der Waals surface area (Å²) in [6.45, 7) is 0. The zero-order valence-electron chi connectivity index (χ0n) is 17.3. The Bertz CT molecular complexity index is 1770. The average Bonchev–Trinajstić information content (AvgIpc) is 3.54. The number of hydrogen-bond donors (Lipinski definition) is 0. The van der Waals surface area contributed by atoms with Gasteiger partial charge in [0.05, 0.1) is 22.4 Å². The van der Waals surface area contributed by atoms with E-state index in [2.05, 4.69) is 10.1 Å². The van der Waals surface area contributed by atoms with Crippen LogP contribution < -0.4 is 10.4 Å². The van der Waals surface area contributed by atoms with Crippen LogP contribution in [0.25, 0.3) is 28.0 Å². The number of fused-ring (bicyclic) bond motifs is 6. The summed E-state index contributed by atoms with van der Waals surface area (Å²) >= 11 is 1.52. The summed E-state index contributed by atoms with van der Waals surface area (Å²) in [5.74, 6) is 0.367. The number of halogens is 1. The van der Waals surface area contributed by atoms with Crippen LogP contribution in [0.15, 0.2) is 81.6 Å². The van der Waals surface area contributed by atoms with E-state index >= 15 is 0 Å². The van der Waals surface area contributed by atoms with E-state index in [9.17, 15) is 9.18 Å². The third kappa shape index (κ3) is 2.74. The third-order valence-corrected chi connectivity index (χ3v) is 6.83. The van der Waals surface area contributed by atoms with Crippen molar-refractivity contribution in [2.24, 2.45) is 0 Å². The number of rotatable bonds is 2. The molecule has 1 unspecified atom stereocenters. The third-order valence-electron chi connectivity index (χ3n) is 5.89. The Hall–Kier alpha value is -4.37. The summed E-state index contributed by atoms with van der Waals surface area (Å²) in [4.78, 5) is 23.4. The standard InChI is InChI=1S/C25H13FN4O3S/c26-14-9-7-13(8-10-14)22-28-23-20-18(17-6-3-11-34-17)19-21(33-24(20)27-12-30(23)29-22)15-4-1-2-5-16(15)32-25(19)31/h1-12,18H. The molecule has 0 amide bonds. The van der Waals surface area contributed by atoms with E-state index in [1.54, 1.807) is 28.8 Å². The van der Waals surface area contributed by atoms with Crippen molar-refractivity contribution in [1.82, 2.24) is 19.6 Å². The molecular weight excluding hydrogens is 455 g/mol. The van der Waals surface area contributed by atoms with Crippen LogP contribution >= 0.6 is 11.3 Å². The topological polar surface area (TPSA) is 82.5 Å². The molecule has 0 saturated carbocycles. The van der Waals surface area contributed by atoms with Crippen LogP contribution in [-0.2, 0) is 0 Å². The van der Waals surface area contributed by atoms with E-state index in [0.717, 1.165) is 4.88 Å². The molecule has 0 N–H and O–H groups in total. The maximum Gasteiger partial charge on any atom is 0.344 e. The van der Waals surface area contributed by atoms with Crippen molar-refractivity contribution in [2.45, 2.75) is 5.92 Å². The highest BCUT2D eigenvalue weighted by molar-refractivity contribution is 7.10. The maximum absolute atomic E-state index is 13.4. The quantitative estimate of drug-likeness (QED) is 0.317. The van der Waals surface area contributed by atoms with Crippen molar-refractivity contribution in [3.63, 3.8) is 0 Å². The van der Waals surface area contributed by atoms with Gasteiger partial charge in [-0.2, -0.15) is 0 Å². The minimum Gasteiger partial charge on any atom is -0.437 e. The second-order valence-electron chi connectivity index (χ2n) is 7.85. The normalized spacial score (nSPS) is 14.7. The molecule has 7 nitrogen and oxygen atoms in total. The number of benzene rings is 2. The molecule has 1 aliphatic rings. The van der Waals surface area contributed by atoms with Crippen LogP contribution in [0.1, 0.15) is 21.9 Å². The fourth-order valence-corrected chi connectivity index (χ4v) is 5.23. The number of nitrogens with zero attached hydrogens (tertiary/aromatic N) is 4. The van der Waals surface area contributed by atoms with E-state index < -0.39 is 11.5 Å². The molecule has 0 saturated heterocycles. The van der Waals surface area contributed by atoms with Gasteiger partial charge in [-0.1, -0.05) is 18.2 Å². The lowest BCUT2D eigenvalue weighted by Crippen LogP contribution is -2.21. The number of ether oxygens (including phenoxy) is 1. The Morgan fingerprint density at radius 2 is 1.85 bits per heavy atom. The van der Waals surface area contributed by atoms with Crippen molar-refractivity contribution in [3.05, 3.63) is 105 Å². The molecule has 9 heteroatoms. The van der Waals surface area contributed by atoms with Gasteiger partial charge in [0.1, 0.15) is 17.7 Å². The maximum atomic E-state index is 13.4. The predicted octanol–water partition coefficient (Wildman–Crippen LogP) is 5.38.